The van der Waals surface area contributed by atoms with Crippen molar-refractivity contribution in [2.75, 3.05) is 13.6 Å². The smallest absolute Gasteiger partial charge is 0.242 e. The maximum Gasteiger partial charge on any atom is 0.242 e. The Morgan fingerprint density at radius 3 is 2.68 bits per heavy atom. The van der Waals surface area contributed by atoms with Gasteiger partial charge in [-0.3, -0.25) is 9.78 Å². The molecule has 1 amide bonds. The van der Waals surface area contributed by atoms with Crippen molar-refractivity contribution in [3.8, 4) is 17.0 Å². The van der Waals surface area contributed by atoms with Gasteiger partial charge in [0.25, 0.3) is 0 Å². The van der Waals surface area contributed by atoms with Crippen LogP contribution in [0.25, 0.3) is 22.0 Å². The van der Waals surface area contributed by atoms with Crippen LogP contribution in [0.15, 0.2) is 24.4 Å². The van der Waals surface area contributed by atoms with Crippen LogP contribution >= 0.6 is 23.2 Å². The summed E-state index contributed by atoms with van der Waals surface area (Å²) in [4.78, 5) is 18.5. The molecule has 3 rings (SSSR count). The first-order valence-corrected chi connectivity index (χ1v) is 9.64. The number of aromatic nitrogens is 2. The molecule has 8 heteroatoms. The predicted molar refractivity (Wildman–Crippen MR) is 113 cm³/mol. The summed E-state index contributed by atoms with van der Waals surface area (Å²) in [5.41, 5.74) is 9.50. The summed E-state index contributed by atoms with van der Waals surface area (Å²) in [7, 11) is 1.72. The van der Waals surface area contributed by atoms with E-state index < -0.39 is 0 Å². The first-order chi connectivity index (χ1) is 13.3. The van der Waals surface area contributed by atoms with Crippen LogP contribution in [-0.2, 0) is 17.9 Å². The number of halogens is 2. The zero-order valence-electron chi connectivity index (χ0n) is 16.0. The molecule has 0 unspecified atom stereocenters. The average molecular weight is 421 g/mol. The number of fused-ring (bicyclic) bond motifs is 1. The number of carbonyl (C=O) groups is 1. The number of hydrogen-bond donors (Lipinski definition) is 2. The predicted octanol–water partition coefficient (Wildman–Crippen LogP) is 3.96. The normalized spacial score (nSPS) is 11.2. The quantitative estimate of drug-likeness (QED) is 0.653. The highest BCUT2D eigenvalue weighted by atomic mass is 35.5. The highest BCUT2D eigenvalue weighted by molar-refractivity contribution is 6.36. The summed E-state index contributed by atoms with van der Waals surface area (Å²) in [5, 5.41) is 12.4. The first-order valence-electron chi connectivity index (χ1n) is 8.89. The maximum atomic E-state index is 12.3. The molecular weight excluding hydrogens is 399 g/mol. The number of hydrogen-bond acceptors (Lipinski definition) is 4. The Morgan fingerprint density at radius 1 is 1.36 bits per heavy atom. The minimum Gasteiger partial charge on any atom is -0.494 e. The van der Waals surface area contributed by atoms with E-state index in [1.54, 1.807) is 36.3 Å². The van der Waals surface area contributed by atoms with E-state index in [9.17, 15) is 9.90 Å². The molecule has 0 spiro atoms. The van der Waals surface area contributed by atoms with E-state index in [1.807, 2.05) is 13.8 Å². The summed E-state index contributed by atoms with van der Waals surface area (Å²) < 4.78 is 1.50. The second-order valence-electron chi connectivity index (χ2n) is 6.63. The van der Waals surface area contributed by atoms with Crippen LogP contribution in [-0.4, -0.2) is 39.1 Å². The molecule has 0 radical (unpaired) electrons. The molecule has 28 heavy (non-hydrogen) atoms. The number of carbonyl (C=O) groups excluding carboxylic acids is 1. The van der Waals surface area contributed by atoms with Crippen LogP contribution < -0.4 is 5.73 Å². The fourth-order valence-corrected chi connectivity index (χ4v) is 3.74. The number of benzene rings is 1. The molecule has 0 aliphatic carbocycles. The van der Waals surface area contributed by atoms with E-state index in [0.29, 0.717) is 38.6 Å². The van der Waals surface area contributed by atoms with E-state index in [1.165, 1.54) is 4.57 Å². The van der Waals surface area contributed by atoms with Crippen LogP contribution in [0.5, 0.6) is 5.88 Å². The van der Waals surface area contributed by atoms with E-state index in [2.05, 4.69) is 4.98 Å². The average Bonchev–Trinajstić information content (AvgIpc) is 2.95. The second-order valence-corrected chi connectivity index (χ2v) is 7.47. The molecule has 0 atom stereocenters. The SMILES string of the molecule is CCN(C)C(=O)Cn1cc2nc(C)c(CN)c(-c3ccc(Cl)cc3Cl)c2c1O. The van der Waals surface area contributed by atoms with E-state index in [-0.39, 0.29) is 24.9 Å². The lowest BCUT2D eigenvalue weighted by molar-refractivity contribution is -0.130. The number of aromatic hydroxyl groups is 1. The molecule has 0 aliphatic heterocycles. The van der Waals surface area contributed by atoms with Crippen molar-refractivity contribution >= 4 is 40.0 Å². The lowest BCUT2D eigenvalue weighted by Gasteiger charge is -2.16. The number of nitrogens with zero attached hydrogens (tertiary/aromatic N) is 3. The summed E-state index contributed by atoms with van der Waals surface area (Å²) in [6.45, 7) is 4.57. The summed E-state index contributed by atoms with van der Waals surface area (Å²) in [5.74, 6) is -0.156. The zero-order valence-corrected chi connectivity index (χ0v) is 17.5. The van der Waals surface area contributed by atoms with E-state index in [0.717, 1.165) is 11.3 Å². The van der Waals surface area contributed by atoms with Crippen molar-refractivity contribution in [3.05, 3.63) is 45.7 Å². The van der Waals surface area contributed by atoms with Crippen molar-refractivity contribution in [1.82, 2.24) is 14.5 Å². The molecule has 0 saturated heterocycles. The number of pyridine rings is 1. The van der Waals surface area contributed by atoms with Gasteiger partial charge in [-0.15, -0.1) is 0 Å². The standard InChI is InChI=1S/C20H22Cl2N4O2/c1-4-25(3)17(27)10-26-9-16-19(20(26)28)18(14(8-23)11(2)24-16)13-6-5-12(21)7-15(13)22/h5-7,9,28H,4,8,10,23H2,1-3H3. The fraction of sp³-hybridized carbons (Fsp3) is 0.300. The highest BCUT2D eigenvalue weighted by Crippen LogP contribution is 2.42. The molecule has 1 aromatic carbocycles. The lowest BCUT2D eigenvalue weighted by atomic mass is 9.95. The highest BCUT2D eigenvalue weighted by Gasteiger charge is 2.22. The number of amides is 1. The minimum absolute atomic E-state index is 0.0112. The van der Waals surface area contributed by atoms with Gasteiger partial charge in [-0.25, -0.2) is 0 Å². The largest absolute Gasteiger partial charge is 0.494 e. The Bertz CT molecular complexity index is 1060. The summed E-state index contributed by atoms with van der Waals surface area (Å²) in [6.07, 6.45) is 1.67. The molecule has 3 N–H and O–H groups in total. The van der Waals surface area contributed by atoms with Crippen molar-refractivity contribution in [1.29, 1.82) is 0 Å². The molecule has 3 aromatic rings. The Kier molecular flexibility index (Phi) is 5.84. The Morgan fingerprint density at radius 2 is 2.07 bits per heavy atom. The zero-order chi connectivity index (χ0) is 20.6. The van der Waals surface area contributed by atoms with Crippen molar-refractivity contribution in [3.63, 3.8) is 0 Å². The Hall–Kier alpha value is -2.28. The van der Waals surface area contributed by atoms with Gasteiger partial charge in [0.15, 0.2) is 0 Å². The van der Waals surface area contributed by atoms with Crippen molar-refractivity contribution in [2.24, 2.45) is 5.73 Å². The van der Waals surface area contributed by atoms with Gasteiger partial charge in [0.2, 0.25) is 11.8 Å². The third-order valence-corrected chi connectivity index (χ3v) is 5.46. The van der Waals surface area contributed by atoms with E-state index in [4.69, 9.17) is 28.9 Å². The molecule has 2 aromatic heterocycles. The van der Waals surface area contributed by atoms with Crippen molar-refractivity contribution in [2.45, 2.75) is 26.9 Å². The topological polar surface area (TPSA) is 84.4 Å². The first kappa shape index (κ1) is 20.5. The third kappa shape index (κ3) is 3.55. The molecule has 6 nitrogen and oxygen atoms in total. The molecule has 0 fully saturated rings. The Balaban J connectivity index is 2.28. The monoisotopic (exact) mass is 420 g/mol. The minimum atomic E-state index is -0.111. The lowest BCUT2D eigenvalue weighted by Crippen LogP contribution is -2.29. The van der Waals surface area contributed by atoms with Gasteiger partial charge in [-0.05, 0) is 31.5 Å². The van der Waals surface area contributed by atoms with E-state index >= 15 is 0 Å². The number of likely N-dealkylation sites (N-methyl/N-ethyl adjacent to an activating group) is 1. The molecule has 0 aliphatic rings. The second kappa shape index (κ2) is 7.99. The van der Waals surface area contributed by atoms with Gasteiger partial charge in [0.1, 0.15) is 6.54 Å². The third-order valence-electron chi connectivity index (χ3n) is 4.92. The van der Waals surface area contributed by atoms with Gasteiger partial charge in [-0.1, -0.05) is 29.3 Å². The van der Waals surface area contributed by atoms with Gasteiger partial charge in [-0.2, -0.15) is 0 Å². The molecule has 0 saturated carbocycles. The number of nitrogens with two attached hydrogens (primary N) is 1. The molecule has 148 valence electrons. The van der Waals surface area contributed by atoms with Gasteiger partial charge >= 0.3 is 0 Å². The number of aryl methyl sites for hydroxylation is 1. The summed E-state index contributed by atoms with van der Waals surface area (Å²) in [6, 6.07) is 5.18. The fourth-order valence-electron chi connectivity index (χ4n) is 3.24. The van der Waals surface area contributed by atoms with Crippen molar-refractivity contribution < 1.29 is 9.90 Å². The van der Waals surface area contributed by atoms with Crippen LogP contribution in [0.1, 0.15) is 18.2 Å². The molecule has 2 heterocycles. The van der Waals surface area contributed by atoms with Crippen LogP contribution in [0.2, 0.25) is 10.0 Å². The van der Waals surface area contributed by atoms with Gasteiger partial charge in [0.05, 0.1) is 10.9 Å². The molecular formula is C20H22Cl2N4O2. The van der Waals surface area contributed by atoms with Gasteiger partial charge in [0, 0.05) is 53.2 Å². The van der Waals surface area contributed by atoms with Gasteiger partial charge < -0.3 is 20.3 Å². The Labute approximate surface area is 173 Å². The van der Waals surface area contributed by atoms with Crippen LogP contribution in [0.4, 0.5) is 0 Å². The van der Waals surface area contributed by atoms with Crippen LogP contribution in [0, 0.1) is 6.92 Å². The summed E-state index contributed by atoms with van der Waals surface area (Å²) >= 11 is 12.5. The molecule has 0 bridgehead atoms. The number of rotatable bonds is 5. The maximum absolute atomic E-state index is 12.3. The van der Waals surface area contributed by atoms with Crippen LogP contribution in [0.3, 0.4) is 0 Å².